The fraction of sp³-hybridized carbons (Fsp3) is 0.600. The zero-order valence-corrected chi connectivity index (χ0v) is 6.35. The van der Waals surface area contributed by atoms with Gasteiger partial charge in [0.15, 0.2) is 0 Å². The van der Waals surface area contributed by atoms with Gasteiger partial charge in [-0.1, -0.05) is 24.3 Å². The van der Waals surface area contributed by atoms with E-state index >= 15 is 0 Å². The number of fused-ring (bicyclic) bond motifs is 1. The number of aliphatic hydroxyl groups excluding tert-OH is 1. The van der Waals surface area contributed by atoms with Crippen molar-refractivity contribution in [2.75, 3.05) is 0 Å². The van der Waals surface area contributed by atoms with Crippen LogP contribution in [0.1, 0.15) is 6.42 Å². The summed E-state index contributed by atoms with van der Waals surface area (Å²) in [7, 11) is 0. The minimum absolute atomic E-state index is 0.0117. The predicted molar refractivity (Wildman–Crippen MR) is 42.9 cm³/mol. The van der Waals surface area contributed by atoms with Crippen LogP contribution < -0.4 is 0 Å². The SMILES string of the molecule is OC1CC2C3C=CC=CC2C13. The van der Waals surface area contributed by atoms with Gasteiger partial charge in [-0.15, -0.1) is 0 Å². The summed E-state index contributed by atoms with van der Waals surface area (Å²) in [5.74, 6) is 2.73. The molecule has 4 bridgehead atoms. The lowest BCUT2D eigenvalue weighted by Gasteiger charge is -2.40. The van der Waals surface area contributed by atoms with Crippen LogP contribution in [0.25, 0.3) is 0 Å². The fourth-order valence-corrected chi connectivity index (χ4v) is 3.13. The van der Waals surface area contributed by atoms with Crippen LogP contribution in [0.15, 0.2) is 24.3 Å². The third kappa shape index (κ3) is 0.564. The highest BCUT2D eigenvalue weighted by Gasteiger charge is 2.58. The summed E-state index contributed by atoms with van der Waals surface area (Å²) in [5.41, 5.74) is 0. The van der Waals surface area contributed by atoms with Crippen molar-refractivity contribution in [2.24, 2.45) is 23.7 Å². The lowest BCUT2D eigenvalue weighted by molar-refractivity contribution is 0.0637. The molecule has 0 radical (unpaired) electrons. The van der Waals surface area contributed by atoms with Gasteiger partial charge in [0.2, 0.25) is 0 Å². The molecule has 58 valence electrons. The summed E-state index contributed by atoms with van der Waals surface area (Å²) in [6.45, 7) is 0. The van der Waals surface area contributed by atoms with E-state index in [1.165, 1.54) is 0 Å². The molecule has 0 aromatic heterocycles. The van der Waals surface area contributed by atoms with Crippen molar-refractivity contribution < 1.29 is 5.11 Å². The second-order valence-electron chi connectivity index (χ2n) is 3.97. The van der Waals surface area contributed by atoms with Crippen molar-refractivity contribution in [3.8, 4) is 0 Å². The molecule has 1 heteroatoms. The number of rotatable bonds is 0. The third-order valence-corrected chi connectivity index (χ3v) is 3.61. The van der Waals surface area contributed by atoms with Gasteiger partial charge in [-0.25, -0.2) is 0 Å². The Hall–Kier alpha value is -0.560. The van der Waals surface area contributed by atoms with Crippen LogP contribution in [0.3, 0.4) is 0 Å². The number of allylic oxidation sites excluding steroid dienone is 4. The first kappa shape index (κ1) is 6.01. The van der Waals surface area contributed by atoms with Gasteiger partial charge in [0, 0.05) is 0 Å². The summed E-state index contributed by atoms with van der Waals surface area (Å²) in [6, 6.07) is 0. The average Bonchev–Trinajstić information content (AvgIpc) is 2.31. The molecule has 4 rings (SSSR count). The third-order valence-electron chi connectivity index (χ3n) is 3.61. The molecule has 3 saturated carbocycles. The maximum Gasteiger partial charge on any atom is 0.0583 e. The van der Waals surface area contributed by atoms with Gasteiger partial charge in [-0.2, -0.15) is 0 Å². The van der Waals surface area contributed by atoms with E-state index in [4.69, 9.17) is 0 Å². The predicted octanol–water partition coefficient (Wildman–Crippen LogP) is 1.36. The highest BCUT2D eigenvalue weighted by molar-refractivity contribution is 5.25. The standard InChI is InChI=1S/C10H12O/c11-9-5-8-6-3-1-2-4-7(8)10(6)9/h1-4,6-11H,5H2. The van der Waals surface area contributed by atoms with E-state index < -0.39 is 0 Å². The van der Waals surface area contributed by atoms with Crippen molar-refractivity contribution in [3.63, 3.8) is 0 Å². The molecule has 0 heterocycles. The van der Waals surface area contributed by atoms with E-state index in [-0.39, 0.29) is 6.10 Å². The monoisotopic (exact) mass is 148 g/mol. The highest BCUT2D eigenvalue weighted by Crippen LogP contribution is 2.59. The topological polar surface area (TPSA) is 20.2 Å². The molecular formula is C10H12O. The van der Waals surface area contributed by atoms with Gasteiger partial charge in [0.05, 0.1) is 6.10 Å². The van der Waals surface area contributed by atoms with Crippen LogP contribution in [0.4, 0.5) is 0 Å². The molecule has 4 aliphatic carbocycles. The minimum Gasteiger partial charge on any atom is -0.393 e. The van der Waals surface area contributed by atoms with Crippen LogP contribution in [-0.4, -0.2) is 11.2 Å². The molecule has 4 aliphatic rings. The second-order valence-corrected chi connectivity index (χ2v) is 3.97. The maximum atomic E-state index is 9.60. The van der Waals surface area contributed by atoms with Gasteiger partial charge in [0.25, 0.3) is 0 Å². The minimum atomic E-state index is -0.0117. The summed E-state index contributed by atoms with van der Waals surface area (Å²) in [6.07, 6.45) is 9.83. The van der Waals surface area contributed by atoms with Gasteiger partial charge >= 0.3 is 0 Å². The van der Waals surface area contributed by atoms with Crippen molar-refractivity contribution in [2.45, 2.75) is 12.5 Å². The van der Waals surface area contributed by atoms with E-state index in [9.17, 15) is 5.11 Å². The van der Waals surface area contributed by atoms with Gasteiger partial charge < -0.3 is 5.11 Å². The highest BCUT2D eigenvalue weighted by atomic mass is 16.3. The van der Waals surface area contributed by atoms with Crippen molar-refractivity contribution in [3.05, 3.63) is 24.3 Å². The molecule has 3 unspecified atom stereocenters. The van der Waals surface area contributed by atoms with Gasteiger partial charge in [-0.3, -0.25) is 0 Å². The van der Waals surface area contributed by atoms with Gasteiger partial charge in [-0.05, 0) is 30.1 Å². The Balaban J connectivity index is 2.02. The molecule has 11 heavy (non-hydrogen) atoms. The molecule has 0 saturated heterocycles. The molecule has 0 aromatic carbocycles. The van der Waals surface area contributed by atoms with E-state index in [1.54, 1.807) is 0 Å². The largest absolute Gasteiger partial charge is 0.393 e. The number of hydrogen-bond acceptors (Lipinski definition) is 1. The Kier molecular flexibility index (Phi) is 0.972. The normalized spacial score (nSPS) is 57.4. The van der Waals surface area contributed by atoms with Crippen LogP contribution >= 0.6 is 0 Å². The van der Waals surface area contributed by atoms with Crippen LogP contribution in [0.5, 0.6) is 0 Å². The molecule has 0 amide bonds. The molecular weight excluding hydrogens is 136 g/mol. The summed E-state index contributed by atoms with van der Waals surface area (Å²) >= 11 is 0. The molecule has 0 aliphatic heterocycles. The Morgan fingerprint density at radius 1 is 1.09 bits per heavy atom. The first-order valence-corrected chi connectivity index (χ1v) is 4.41. The Morgan fingerprint density at radius 2 is 1.73 bits per heavy atom. The van der Waals surface area contributed by atoms with E-state index in [1.807, 2.05) is 0 Å². The van der Waals surface area contributed by atoms with Crippen LogP contribution in [0, 0.1) is 23.7 Å². The zero-order valence-electron chi connectivity index (χ0n) is 6.35. The Morgan fingerprint density at radius 3 is 2.18 bits per heavy atom. The van der Waals surface area contributed by atoms with Crippen LogP contribution in [-0.2, 0) is 0 Å². The number of aliphatic hydroxyl groups is 1. The lowest BCUT2D eigenvalue weighted by atomic mass is 9.63. The van der Waals surface area contributed by atoms with Crippen molar-refractivity contribution >= 4 is 0 Å². The molecule has 3 fully saturated rings. The quantitative estimate of drug-likeness (QED) is 0.550. The zero-order chi connectivity index (χ0) is 7.42. The summed E-state index contributed by atoms with van der Waals surface area (Å²) in [5, 5.41) is 9.60. The molecule has 1 N–H and O–H groups in total. The molecule has 0 spiro atoms. The van der Waals surface area contributed by atoms with E-state index in [2.05, 4.69) is 24.3 Å². The summed E-state index contributed by atoms with van der Waals surface area (Å²) < 4.78 is 0. The molecule has 1 nitrogen and oxygen atoms in total. The first-order chi connectivity index (χ1) is 5.38. The average molecular weight is 148 g/mol. The Labute approximate surface area is 66.4 Å². The summed E-state index contributed by atoms with van der Waals surface area (Å²) in [4.78, 5) is 0. The van der Waals surface area contributed by atoms with E-state index in [0.717, 1.165) is 12.3 Å². The molecule has 3 atom stereocenters. The first-order valence-electron chi connectivity index (χ1n) is 4.41. The number of hydrogen-bond donors (Lipinski definition) is 1. The molecule has 0 aromatic rings. The Bertz CT molecular complexity index is 221. The van der Waals surface area contributed by atoms with Gasteiger partial charge in [0.1, 0.15) is 0 Å². The maximum absolute atomic E-state index is 9.60. The lowest BCUT2D eigenvalue weighted by Crippen LogP contribution is -2.38. The van der Waals surface area contributed by atoms with E-state index in [0.29, 0.717) is 17.8 Å². The second kappa shape index (κ2) is 1.78. The van der Waals surface area contributed by atoms with Crippen LogP contribution in [0.2, 0.25) is 0 Å². The fourth-order valence-electron chi connectivity index (χ4n) is 3.13. The smallest absolute Gasteiger partial charge is 0.0583 e. The van der Waals surface area contributed by atoms with Crippen molar-refractivity contribution in [1.82, 2.24) is 0 Å². The van der Waals surface area contributed by atoms with Crippen molar-refractivity contribution in [1.29, 1.82) is 0 Å².